The van der Waals surface area contributed by atoms with Crippen molar-refractivity contribution >= 4 is 47.2 Å². The quantitative estimate of drug-likeness (QED) is 0.340. The van der Waals surface area contributed by atoms with Crippen molar-refractivity contribution in [1.82, 2.24) is 20.5 Å². The second-order valence-corrected chi connectivity index (χ2v) is 8.74. The van der Waals surface area contributed by atoms with Gasteiger partial charge in [0.25, 0.3) is 0 Å². The summed E-state index contributed by atoms with van der Waals surface area (Å²) in [6.07, 6.45) is 8.40. The van der Waals surface area contributed by atoms with Crippen molar-refractivity contribution < 1.29 is 9.21 Å². The molecule has 1 aliphatic heterocycles. The number of carbonyl (C=O) groups excluding carboxylic acids is 1. The largest absolute Gasteiger partial charge is 0.443 e. The molecule has 9 heteroatoms. The minimum Gasteiger partial charge on any atom is -0.443 e. The van der Waals surface area contributed by atoms with Crippen LogP contribution in [0.25, 0.3) is 10.8 Å². The molecule has 0 radical (unpaired) electrons. The first-order chi connectivity index (χ1) is 14.2. The van der Waals surface area contributed by atoms with Gasteiger partial charge in [0.2, 0.25) is 11.8 Å². The van der Waals surface area contributed by atoms with Crippen LogP contribution in [0.5, 0.6) is 0 Å². The summed E-state index contributed by atoms with van der Waals surface area (Å²) in [5, 5.41) is 8.75. The molecule has 164 valence electrons. The highest BCUT2D eigenvalue weighted by atomic mass is 127. The highest BCUT2D eigenvalue weighted by molar-refractivity contribution is 14.0. The molecule has 2 fully saturated rings. The van der Waals surface area contributed by atoms with Crippen molar-refractivity contribution in [3.05, 3.63) is 29.5 Å². The fraction of sp³-hybridized carbons (Fsp3) is 0.571. The van der Waals surface area contributed by atoms with Crippen molar-refractivity contribution in [2.24, 2.45) is 10.9 Å². The van der Waals surface area contributed by atoms with Crippen LogP contribution in [-0.2, 0) is 11.3 Å². The first-order valence-corrected chi connectivity index (χ1v) is 11.3. The summed E-state index contributed by atoms with van der Waals surface area (Å²) < 4.78 is 5.56. The number of hydrogen-bond donors (Lipinski definition) is 2. The molecule has 1 aliphatic carbocycles. The van der Waals surface area contributed by atoms with Gasteiger partial charge in [-0.3, -0.25) is 9.79 Å². The van der Waals surface area contributed by atoms with Crippen LogP contribution in [0, 0.1) is 5.92 Å². The van der Waals surface area contributed by atoms with Crippen molar-refractivity contribution in [3.63, 3.8) is 0 Å². The van der Waals surface area contributed by atoms with E-state index in [0.29, 0.717) is 18.3 Å². The number of carbonyl (C=O) groups is 1. The Hall–Kier alpha value is -1.62. The SMILES string of the molecule is CN=C(NCc1coc(-c2cccs2)n1)NC1CCN(C(=O)C2CCCCC2)C1.I. The van der Waals surface area contributed by atoms with Gasteiger partial charge in [0.05, 0.1) is 17.1 Å². The summed E-state index contributed by atoms with van der Waals surface area (Å²) in [6.45, 7) is 2.12. The number of thiophene rings is 1. The number of amides is 1. The third-order valence-corrected chi connectivity index (χ3v) is 6.60. The fourth-order valence-electron chi connectivity index (χ4n) is 4.15. The Balaban J connectivity index is 0.00000256. The number of aliphatic imine (C=N–C) groups is 1. The molecule has 2 N–H and O–H groups in total. The first kappa shape index (κ1) is 23.1. The highest BCUT2D eigenvalue weighted by Crippen LogP contribution is 2.27. The van der Waals surface area contributed by atoms with Gasteiger partial charge in [0, 0.05) is 32.1 Å². The molecule has 1 atom stereocenters. The van der Waals surface area contributed by atoms with Gasteiger partial charge in [-0.15, -0.1) is 35.3 Å². The zero-order chi connectivity index (χ0) is 20.1. The van der Waals surface area contributed by atoms with Crippen LogP contribution in [0.15, 0.2) is 33.2 Å². The molecule has 1 saturated heterocycles. The van der Waals surface area contributed by atoms with Crippen LogP contribution >= 0.6 is 35.3 Å². The van der Waals surface area contributed by atoms with Gasteiger partial charge in [0.15, 0.2) is 5.96 Å². The maximum Gasteiger partial charge on any atom is 0.236 e. The molecule has 1 amide bonds. The van der Waals surface area contributed by atoms with Crippen LogP contribution in [0.1, 0.15) is 44.2 Å². The van der Waals surface area contributed by atoms with Gasteiger partial charge >= 0.3 is 0 Å². The minimum absolute atomic E-state index is 0. The predicted molar refractivity (Wildman–Crippen MR) is 130 cm³/mol. The number of oxazole rings is 1. The molecule has 30 heavy (non-hydrogen) atoms. The monoisotopic (exact) mass is 543 g/mol. The van der Waals surface area contributed by atoms with E-state index >= 15 is 0 Å². The lowest BCUT2D eigenvalue weighted by atomic mass is 9.88. The van der Waals surface area contributed by atoms with Gasteiger partial charge < -0.3 is 20.0 Å². The fourth-order valence-corrected chi connectivity index (χ4v) is 4.81. The summed E-state index contributed by atoms with van der Waals surface area (Å²) in [5.41, 5.74) is 0.830. The summed E-state index contributed by atoms with van der Waals surface area (Å²) in [6, 6.07) is 4.21. The number of halogens is 1. The molecule has 1 unspecified atom stereocenters. The summed E-state index contributed by atoms with van der Waals surface area (Å²) >= 11 is 1.61. The molecule has 2 aliphatic rings. The lowest BCUT2D eigenvalue weighted by molar-refractivity contribution is -0.135. The predicted octanol–water partition coefficient (Wildman–Crippen LogP) is 3.87. The Morgan fingerprint density at radius 3 is 2.90 bits per heavy atom. The molecule has 4 rings (SSSR count). The van der Waals surface area contributed by atoms with E-state index in [2.05, 4.69) is 20.6 Å². The third kappa shape index (κ3) is 5.75. The Morgan fingerprint density at radius 2 is 2.17 bits per heavy atom. The van der Waals surface area contributed by atoms with Crippen LogP contribution in [0.2, 0.25) is 0 Å². The smallest absolute Gasteiger partial charge is 0.236 e. The van der Waals surface area contributed by atoms with E-state index in [4.69, 9.17) is 4.42 Å². The highest BCUT2D eigenvalue weighted by Gasteiger charge is 2.31. The van der Waals surface area contributed by atoms with E-state index in [1.54, 1.807) is 24.6 Å². The van der Waals surface area contributed by atoms with Crippen molar-refractivity contribution in [2.45, 2.75) is 51.1 Å². The molecule has 0 aromatic carbocycles. The van der Waals surface area contributed by atoms with Crippen LogP contribution in [0.4, 0.5) is 0 Å². The van der Waals surface area contributed by atoms with E-state index in [1.807, 2.05) is 22.4 Å². The first-order valence-electron chi connectivity index (χ1n) is 10.5. The number of likely N-dealkylation sites (tertiary alicyclic amines) is 1. The Bertz CT molecular complexity index is 832. The zero-order valence-corrected chi connectivity index (χ0v) is 20.4. The van der Waals surface area contributed by atoms with Crippen molar-refractivity contribution in [2.75, 3.05) is 20.1 Å². The second-order valence-electron chi connectivity index (χ2n) is 7.80. The Morgan fingerprint density at radius 1 is 1.33 bits per heavy atom. The maximum atomic E-state index is 12.7. The normalized spacial score (nSPS) is 20.1. The number of guanidine groups is 1. The van der Waals surface area contributed by atoms with Gasteiger partial charge in [-0.05, 0) is 30.7 Å². The molecule has 1 saturated carbocycles. The van der Waals surface area contributed by atoms with Crippen LogP contribution in [0.3, 0.4) is 0 Å². The molecule has 2 aromatic heterocycles. The number of nitrogens with zero attached hydrogens (tertiary/aromatic N) is 3. The van der Waals surface area contributed by atoms with Crippen molar-refractivity contribution in [3.8, 4) is 10.8 Å². The summed E-state index contributed by atoms with van der Waals surface area (Å²) in [4.78, 5) is 24.6. The number of nitrogens with one attached hydrogen (secondary N) is 2. The lowest BCUT2D eigenvalue weighted by Crippen LogP contribution is -2.45. The number of aromatic nitrogens is 1. The maximum absolute atomic E-state index is 12.7. The molecule has 3 heterocycles. The van der Waals surface area contributed by atoms with Crippen LogP contribution < -0.4 is 10.6 Å². The molecule has 7 nitrogen and oxygen atoms in total. The second kappa shape index (κ2) is 11.1. The van der Waals surface area contributed by atoms with Gasteiger partial charge in [-0.2, -0.15) is 0 Å². The van der Waals surface area contributed by atoms with Gasteiger partial charge in [0.1, 0.15) is 6.26 Å². The Labute approximate surface area is 198 Å². The Kier molecular flexibility index (Phi) is 8.55. The molecule has 2 aromatic rings. The van der Waals surface area contributed by atoms with E-state index < -0.39 is 0 Å². The van der Waals surface area contributed by atoms with E-state index in [9.17, 15) is 4.79 Å². The average Bonchev–Trinajstić information content (AvgIpc) is 3.52. The summed E-state index contributed by atoms with van der Waals surface area (Å²) in [5.74, 6) is 1.96. The van der Waals surface area contributed by atoms with E-state index in [1.165, 1.54) is 19.3 Å². The molecular formula is C21H30IN5O2S. The topological polar surface area (TPSA) is 82.8 Å². The zero-order valence-electron chi connectivity index (χ0n) is 17.3. The van der Waals surface area contributed by atoms with Gasteiger partial charge in [-0.1, -0.05) is 25.3 Å². The number of hydrogen-bond acceptors (Lipinski definition) is 5. The average molecular weight is 543 g/mol. The van der Waals surface area contributed by atoms with E-state index in [0.717, 1.165) is 48.9 Å². The third-order valence-electron chi connectivity index (χ3n) is 5.74. The molecular weight excluding hydrogens is 513 g/mol. The van der Waals surface area contributed by atoms with E-state index in [-0.39, 0.29) is 35.9 Å². The molecule has 0 bridgehead atoms. The van der Waals surface area contributed by atoms with Crippen molar-refractivity contribution in [1.29, 1.82) is 0 Å². The summed E-state index contributed by atoms with van der Waals surface area (Å²) in [7, 11) is 1.76. The number of rotatable bonds is 5. The minimum atomic E-state index is 0. The van der Waals surface area contributed by atoms with Gasteiger partial charge in [-0.25, -0.2) is 4.98 Å². The lowest BCUT2D eigenvalue weighted by Gasteiger charge is -2.26. The standard InChI is InChI=1S/C21H29N5O2S.HI/c1-22-21(23-12-17-14-28-19(24-17)18-8-5-11-29-18)25-16-9-10-26(13-16)20(27)15-6-3-2-4-7-15;/h5,8,11,14-16H,2-4,6-7,9-10,12-13H2,1H3,(H2,22,23,25);1H. The molecule has 0 spiro atoms. The van der Waals surface area contributed by atoms with Crippen LogP contribution in [-0.4, -0.2) is 47.9 Å².